The molecule has 2 aromatic rings. The molecule has 1 heterocycles. The summed E-state index contributed by atoms with van der Waals surface area (Å²) in [4.78, 5) is 7.97. The number of guanidine groups is 1. The standard InChI is InChI=1S/C19H30N4O.HI/c1-6-20-18(23-13-19(3,4)24-5)21-11-10-15-12-22-16-9-7-8-14(2)17(15)16;/h7-9,12,22H,6,10-11,13H2,1-5H3,(H2,20,21,23);1H. The quantitative estimate of drug-likeness (QED) is 0.338. The van der Waals surface area contributed by atoms with E-state index in [4.69, 9.17) is 4.74 Å². The highest BCUT2D eigenvalue weighted by Gasteiger charge is 2.15. The van der Waals surface area contributed by atoms with E-state index in [9.17, 15) is 0 Å². The number of ether oxygens (including phenoxy) is 1. The average Bonchev–Trinajstić information content (AvgIpc) is 2.97. The van der Waals surface area contributed by atoms with Crippen molar-refractivity contribution in [3.05, 3.63) is 35.5 Å². The van der Waals surface area contributed by atoms with Gasteiger partial charge in [0.25, 0.3) is 0 Å². The second-order valence-corrected chi connectivity index (χ2v) is 6.65. The van der Waals surface area contributed by atoms with Crippen LogP contribution in [0, 0.1) is 6.92 Å². The number of aliphatic imine (C=N–C) groups is 1. The summed E-state index contributed by atoms with van der Waals surface area (Å²) in [7, 11) is 1.72. The molecule has 6 heteroatoms. The first-order valence-corrected chi connectivity index (χ1v) is 8.59. The lowest BCUT2D eigenvalue weighted by Gasteiger charge is -2.21. The van der Waals surface area contributed by atoms with Crippen LogP contribution in [0.15, 0.2) is 29.4 Å². The van der Waals surface area contributed by atoms with Gasteiger partial charge in [0.15, 0.2) is 5.96 Å². The zero-order chi connectivity index (χ0) is 17.6. The monoisotopic (exact) mass is 458 g/mol. The topological polar surface area (TPSA) is 61.4 Å². The first kappa shape index (κ1) is 21.8. The third-order valence-electron chi connectivity index (χ3n) is 4.20. The number of aromatic amines is 1. The molecule has 1 aromatic heterocycles. The Bertz CT molecular complexity index is 694. The van der Waals surface area contributed by atoms with Crippen LogP contribution in [0.2, 0.25) is 0 Å². The van der Waals surface area contributed by atoms with E-state index in [2.05, 4.69) is 58.9 Å². The number of benzene rings is 1. The van der Waals surface area contributed by atoms with Crippen molar-refractivity contribution in [2.75, 3.05) is 26.7 Å². The van der Waals surface area contributed by atoms with E-state index in [0.717, 1.165) is 25.5 Å². The molecule has 0 atom stereocenters. The van der Waals surface area contributed by atoms with E-state index >= 15 is 0 Å². The largest absolute Gasteiger partial charge is 0.377 e. The number of hydrogen-bond donors (Lipinski definition) is 3. The van der Waals surface area contributed by atoms with Crippen molar-refractivity contribution < 1.29 is 4.74 Å². The van der Waals surface area contributed by atoms with E-state index in [1.807, 2.05) is 13.8 Å². The molecule has 0 unspecified atom stereocenters. The second-order valence-electron chi connectivity index (χ2n) is 6.65. The molecule has 3 N–H and O–H groups in total. The maximum absolute atomic E-state index is 5.42. The molecule has 0 saturated carbocycles. The average molecular weight is 458 g/mol. The summed E-state index contributed by atoms with van der Waals surface area (Å²) in [5.41, 5.74) is 3.60. The van der Waals surface area contributed by atoms with Crippen molar-refractivity contribution in [3.8, 4) is 0 Å². The first-order chi connectivity index (χ1) is 11.5. The van der Waals surface area contributed by atoms with E-state index < -0.39 is 0 Å². The SMILES string of the molecule is CCNC(=NCC(C)(C)OC)NCCc1c[nH]c2cccc(C)c12.I. The Balaban J connectivity index is 0.00000312. The summed E-state index contributed by atoms with van der Waals surface area (Å²) in [6, 6.07) is 6.37. The number of methoxy groups -OCH3 is 1. The van der Waals surface area contributed by atoms with Gasteiger partial charge in [0.2, 0.25) is 0 Å². The molecule has 0 spiro atoms. The van der Waals surface area contributed by atoms with Gasteiger partial charge < -0.3 is 20.4 Å². The van der Waals surface area contributed by atoms with Crippen LogP contribution in [0.5, 0.6) is 0 Å². The molecule has 0 aliphatic rings. The van der Waals surface area contributed by atoms with Crippen LogP contribution in [0.25, 0.3) is 10.9 Å². The van der Waals surface area contributed by atoms with Gasteiger partial charge >= 0.3 is 0 Å². The summed E-state index contributed by atoms with van der Waals surface area (Å²) in [5.74, 6) is 0.833. The van der Waals surface area contributed by atoms with Crippen molar-refractivity contribution in [3.63, 3.8) is 0 Å². The molecule has 0 amide bonds. The van der Waals surface area contributed by atoms with Gasteiger partial charge in [0.1, 0.15) is 0 Å². The van der Waals surface area contributed by atoms with Crippen LogP contribution in [0.4, 0.5) is 0 Å². The number of nitrogens with zero attached hydrogens (tertiary/aromatic N) is 1. The Labute approximate surface area is 168 Å². The summed E-state index contributed by atoms with van der Waals surface area (Å²) < 4.78 is 5.42. The molecular formula is C19H31IN4O. The van der Waals surface area contributed by atoms with Crippen LogP contribution in [0.3, 0.4) is 0 Å². The van der Waals surface area contributed by atoms with Gasteiger partial charge in [0, 0.05) is 37.3 Å². The highest BCUT2D eigenvalue weighted by molar-refractivity contribution is 14.0. The Hall–Kier alpha value is -1.28. The number of aryl methyl sites for hydroxylation is 1. The van der Waals surface area contributed by atoms with Gasteiger partial charge in [-0.05, 0) is 51.3 Å². The Morgan fingerprint density at radius 1 is 1.28 bits per heavy atom. The summed E-state index contributed by atoms with van der Waals surface area (Å²) >= 11 is 0. The number of nitrogens with one attached hydrogen (secondary N) is 3. The molecule has 0 fully saturated rings. The van der Waals surface area contributed by atoms with E-state index in [1.54, 1.807) is 7.11 Å². The molecular weight excluding hydrogens is 427 g/mol. The van der Waals surface area contributed by atoms with E-state index in [0.29, 0.717) is 6.54 Å². The zero-order valence-electron chi connectivity index (χ0n) is 15.9. The molecule has 2 rings (SSSR count). The predicted molar refractivity (Wildman–Crippen MR) is 117 cm³/mol. The van der Waals surface area contributed by atoms with Crippen LogP contribution in [0.1, 0.15) is 31.9 Å². The molecule has 1 aromatic carbocycles. The summed E-state index contributed by atoms with van der Waals surface area (Å²) in [5, 5.41) is 8.03. The Morgan fingerprint density at radius 3 is 2.72 bits per heavy atom. The van der Waals surface area contributed by atoms with Crippen LogP contribution in [-0.2, 0) is 11.2 Å². The highest BCUT2D eigenvalue weighted by atomic mass is 127. The number of rotatable bonds is 7. The van der Waals surface area contributed by atoms with Gasteiger partial charge in [-0.3, -0.25) is 4.99 Å². The molecule has 0 aliphatic heterocycles. The number of aromatic nitrogens is 1. The first-order valence-electron chi connectivity index (χ1n) is 8.59. The Kier molecular flexibility index (Phi) is 8.71. The van der Waals surface area contributed by atoms with Crippen molar-refractivity contribution in [2.45, 2.75) is 39.7 Å². The number of fused-ring (bicyclic) bond motifs is 1. The molecule has 0 bridgehead atoms. The lowest BCUT2D eigenvalue weighted by molar-refractivity contribution is 0.0310. The molecule has 140 valence electrons. The molecule has 5 nitrogen and oxygen atoms in total. The van der Waals surface area contributed by atoms with Crippen LogP contribution >= 0.6 is 24.0 Å². The summed E-state index contributed by atoms with van der Waals surface area (Å²) in [6.45, 7) is 10.6. The van der Waals surface area contributed by atoms with Crippen molar-refractivity contribution in [1.82, 2.24) is 15.6 Å². The fraction of sp³-hybridized carbons (Fsp3) is 0.526. The number of hydrogen-bond acceptors (Lipinski definition) is 2. The fourth-order valence-corrected chi connectivity index (χ4v) is 2.64. The zero-order valence-corrected chi connectivity index (χ0v) is 18.2. The molecule has 25 heavy (non-hydrogen) atoms. The third kappa shape index (κ3) is 6.18. The van der Waals surface area contributed by atoms with Gasteiger partial charge in [-0.2, -0.15) is 0 Å². The normalized spacial score (nSPS) is 12.1. The van der Waals surface area contributed by atoms with Crippen molar-refractivity contribution in [2.24, 2.45) is 4.99 Å². The van der Waals surface area contributed by atoms with Gasteiger partial charge in [-0.15, -0.1) is 24.0 Å². The molecule has 0 saturated heterocycles. The van der Waals surface area contributed by atoms with Gasteiger partial charge in [-0.1, -0.05) is 12.1 Å². The lowest BCUT2D eigenvalue weighted by Crippen LogP contribution is -2.40. The van der Waals surface area contributed by atoms with E-state index in [-0.39, 0.29) is 29.6 Å². The van der Waals surface area contributed by atoms with Crippen LogP contribution < -0.4 is 10.6 Å². The van der Waals surface area contributed by atoms with Crippen molar-refractivity contribution in [1.29, 1.82) is 0 Å². The van der Waals surface area contributed by atoms with Crippen molar-refractivity contribution >= 4 is 40.8 Å². The van der Waals surface area contributed by atoms with Gasteiger partial charge in [-0.25, -0.2) is 0 Å². The maximum Gasteiger partial charge on any atom is 0.191 e. The highest BCUT2D eigenvalue weighted by Crippen LogP contribution is 2.22. The molecule has 0 radical (unpaired) electrons. The Morgan fingerprint density at radius 2 is 2.04 bits per heavy atom. The van der Waals surface area contributed by atoms with Crippen LogP contribution in [-0.4, -0.2) is 43.3 Å². The third-order valence-corrected chi connectivity index (χ3v) is 4.20. The van der Waals surface area contributed by atoms with E-state index in [1.165, 1.54) is 22.0 Å². The smallest absolute Gasteiger partial charge is 0.191 e. The molecule has 0 aliphatic carbocycles. The minimum absolute atomic E-state index is 0. The second kappa shape index (κ2) is 10.0. The summed E-state index contributed by atoms with van der Waals surface area (Å²) in [6.07, 6.45) is 3.06. The number of H-pyrrole nitrogens is 1. The minimum atomic E-state index is -0.254. The van der Waals surface area contributed by atoms with Gasteiger partial charge in [0.05, 0.1) is 12.1 Å². The lowest BCUT2D eigenvalue weighted by atomic mass is 10.1. The predicted octanol–water partition coefficient (Wildman–Crippen LogP) is 3.62. The number of halogens is 1. The minimum Gasteiger partial charge on any atom is -0.377 e. The maximum atomic E-state index is 5.42. The fourth-order valence-electron chi connectivity index (χ4n) is 2.64.